The third-order valence-electron chi connectivity index (χ3n) is 6.97. The number of carbonyl (C=O) groups excluding carboxylic acids is 1. The Balaban J connectivity index is 1.70. The molecule has 1 saturated carbocycles. The monoisotopic (exact) mass is 504 g/mol. The fourth-order valence-corrected chi connectivity index (χ4v) is 6.40. The number of benzene rings is 3. The van der Waals surface area contributed by atoms with E-state index >= 15 is 0 Å². The molecule has 1 amide bonds. The van der Waals surface area contributed by atoms with Crippen LogP contribution in [0.3, 0.4) is 0 Å². The number of likely N-dealkylation sites (N-methyl/N-ethyl adjacent to an activating group) is 1. The molecule has 3 aromatic rings. The summed E-state index contributed by atoms with van der Waals surface area (Å²) in [6.07, 6.45) is 4.18. The molecule has 1 atom stereocenters. The highest BCUT2D eigenvalue weighted by molar-refractivity contribution is 7.89. The van der Waals surface area contributed by atoms with Crippen molar-refractivity contribution in [1.29, 1.82) is 5.26 Å². The van der Waals surface area contributed by atoms with E-state index < -0.39 is 16.1 Å². The van der Waals surface area contributed by atoms with Crippen molar-refractivity contribution < 1.29 is 13.2 Å². The standard InChI is InChI=1S/C28H32N4O3S/c1-31(2)26-12-6-11-24-23(26)10-7-13-27(24)36(34,35)30-25(18-20-14-16-21(19-29)17-15-20)28(33)32(3)22-8-4-5-9-22/h6-7,10-17,22,25,30H,4-5,8-9,18H2,1-3H3/t25-/m0/s1. The minimum absolute atomic E-state index is 0.116. The number of amides is 1. The smallest absolute Gasteiger partial charge is 0.241 e. The molecule has 0 unspecified atom stereocenters. The third kappa shape index (κ3) is 5.38. The first-order valence-electron chi connectivity index (χ1n) is 12.2. The first kappa shape index (κ1) is 25.7. The van der Waals surface area contributed by atoms with E-state index in [1.165, 1.54) is 0 Å². The number of nitrogens with one attached hydrogen (secondary N) is 1. The topological polar surface area (TPSA) is 93.5 Å². The molecule has 1 aliphatic carbocycles. The Bertz CT molecular complexity index is 1390. The van der Waals surface area contributed by atoms with Crippen LogP contribution < -0.4 is 9.62 Å². The zero-order chi connectivity index (χ0) is 25.9. The highest BCUT2D eigenvalue weighted by Crippen LogP contribution is 2.30. The first-order chi connectivity index (χ1) is 17.2. The highest BCUT2D eigenvalue weighted by Gasteiger charge is 2.32. The van der Waals surface area contributed by atoms with Gasteiger partial charge in [0.1, 0.15) is 6.04 Å². The van der Waals surface area contributed by atoms with Gasteiger partial charge >= 0.3 is 0 Å². The lowest BCUT2D eigenvalue weighted by Crippen LogP contribution is -2.50. The van der Waals surface area contributed by atoms with Crippen LogP contribution in [0, 0.1) is 11.3 Å². The molecule has 0 heterocycles. The lowest BCUT2D eigenvalue weighted by atomic mass is 10.0. The van der Waals surface area contributed by atoms with E-state index in [1.54, 1.807) is 54.4 Å². The molecule has 0 bridgehead atoms. The molecular weight excluding hydrogens is 472 g/mol. The van der Waals surface area contributed by atoms with E-state index in [0.717, 1.165) is 42.3 Å². The molecule has 0 saturated heterocycles. The number of hydrogen-bond acceptors (Lipinski definition) is 5. The SMILES string of the molecule is CN(C)c1cccc2c(S(=O)(=O)N[C@@H](Cc3ccc(C#N)cc3)C(=O)N(C)C3CCCC3)cccc12. The molecule has 4 rings (SSSR count). The summed E-state index contributed by atoms with van der Waals surface area (Å²) < 4.78 is 30.2. The fraction of sp³-hybridized carbons (Fsp3) is 0.357. The fourth-order valence-electron chi connectivity index (χ4n) is 4.99. The van der Waals surface area contributed by atoms with E-state index in [0.29, 0.717) is 10.9 Å². The van der Waals surface area contributed by atoms with Gasteiger partial charge < -0.3 is 9.80 Å². The molecule has 0 spiro atoms. The van der Waals surface area contributed by atoms with Gasteiger partial charge in [-0.3, -0.25) is 4.79 Å². The highest BCUT2D eigenvalue weighted by atomic mass is 32.2. The second-order valence-corrected chi connectivity index (χ2v) is 11.3. The number of fused-ring (bicyclic) bond motifs is 1. The maximum atomic E-state index is 13.7. The Kier molecular flexibility index (Phi) is 7.62. The second kappa shape index (κ2) is 10.7. The summed E-state index contributed by atoms with van der Waals surface area (Å²) in [5.41, 5.74) is 2.20. The Hall–Kier alpha value is -3.41. The number of carbonyl (C=O) groups is 1. The molecule has 0 radical (unpaired) electrons. The number of nitriles is 1. The van der Waals surface area contributed by atoms with Crippen molar-refractivity contribution in [3.05, 3.63) is 71.8 Å². The lowest BCUT2D eigenvalue weighted by Gasteiger charge is -2.29. The van der Waals surface area contributed by atoms with Gasteiger partial charge in [0.2, 0.25) is 15.9 Å². The first-order valence-corrected chi connectivity index (χ1v) is 13.7. The summed E-state index contributed by atoms with van der Waals surface area (Å²) in [4.78, 5) is 17.4. The van der Waals surface area contributed by atoms with Crippen LogP contribution >= 0.6 is 0 Å². The number of hydrogen-bond donors (Lipinski definition) is 1. The molecule has 0 aromatic heterocycles. The third-order valence-corrected chi connectivity index (χ3v) is 8.50. The van der Waals surface area contributed by atoms with Crippen LogP contribution in [0.4, 0.5) is 5.69 Å². The predicted octanol–water partition coefficient (Wildman–Crippen LogP) is 4.07. The quantitative estimate of drug-likeness (QED) is 0.499. The van der Waals surface area contributed by atoms with Crippen LogP contribution in [0.15, 0.2) is 65.6 Å². The van der Waals surface area contributed by atoms with Crippen molar-refractivity contribution >= 4 is 32.4 Å². The largest absolute Gasteiger partial charge is 0.377 e. The summed E-state index contributed by atoms with van der Waals surface area (Å²) in [6, 6.07) is 18.9. The Labute approximate surface area is 213 Å². The molecule has 3 aromatic carbocycles. The van der Waals surface area contributed by atoms with Crippen molar-refractivity contribution in [2.45, 2.75) is 49.1 Å². The maximum absolute atomic E-state index is 13.7. The normalized spacial score (nSPS) is 14.9. The molecule has 7 nitrogen and oxygen atoms in total. The summed E-state index contributed by atoms with van der Waals surface area (Å²) >= 11 is 0. The van der Waals surface area contributed by atoms with Crippen LogP contribution in [0.2, 0.25) is 0 Å². The van der Waals surface area contributed by atoms with Crippen LogP contribution in [0.1, 0.15) is 36.8 Å². The van der Waals surface area contributed by atoms with Gasteiger partial charge in [-0.05, 0) is 49.1 Å². The minimum atomic E-state index is -4.03. The summed E-state index contributed by atoms with van der Waals surface area (Å²) in [6.45, 7) is 0. The second-order valence-electron chi connectivity index (χ2n) is 9.60. The van der Waals surface area contributed by atoms with Gasteiger partial charge in [-0.1, -0.05) is 49.2 Å². The van der Waals surface area contributed by atoms with Crippen LogP contribution in [-0.4, -0.2) is 52.5 Å². The van der Waals surface area contributed by atoms with Crippen LogP contribution in [-0.2, 0) is 21.2 Å². The van der Waals surface area contributed by atoms with Crippen LogP contribution in [0.5, 0.6) is 0 Å². The van der Waals surface area contributed by atoms with Gasteiger partial charge in [0.25, 0.3) is 0 Å². The molecule has 188 valence electrons. The molecule has 1 N–H and O–H groups in total. The summed E-state index contributed by atoms with van der Waals surface area (Å²) in [5.74, 6) is -0.246. The molecule has 0 aliphatic heterocycles. The van der Waals surface area contributed by atoms with Gasteiger partial charge in [0.05, 0.1) is 16.5 Å². The summed E-state index contributed by atoms with van der Waals surface area (Å²) in [5, 5.41) is 10.5. The Morgan fingerprint density at radius 2 is 1.64 bits per heavy atom. The van der Waals surface area contributed by atoms with E-state index in [4.69, 9.17) is 5.26 Å². The number of anilines is 1. The van der Waals surface area contributed by atoms with Crippen LogP contribution in [0.25, 0.3) is 10.8 Å². The minimum Gasteiger partial charge on any atom is -0.377 e. The van der Waals surface area contributed by atoms with E-state index in [1.807, 2.05) is 37.2 Å². The Morgan fingerprint density at radius 3 is 2.28 bits per heavy atom. The van der Waals surface area contributed by atoms with Crippen molar-refractivity contribution in [3.63, 3.8) is 0 Å². The number of rotatable bonds is 8. The van der Waals surface area contributed by atoms with Gasteiger partial charge in [-0.15, -0.1) is 0 Å². The zero-order valence-corrected chi connectivity index (χ0v) is 21.8. The molecule has 1 fully saturated rings. The van der Waals surface area contributed by atoms with Crippen molar-refractivity contribution in [2.75, 3.05) is 26.0 Å². The summed E-state index contributed by atoms with van der Waals surface area (Å²) in [7, 11) is 1.56. The van der Waals surface area contributed by atoms with Gasteiger partial charge in [0, 0.05) is 43.6 Å². The predicted molar refractivity (Wildman–Crippen MR) is 142 cm³/mol. The van der Waals surface area contributed by atoms with Gasteiger partial charge in [0.15, 0.2) is 0 Å². The Morgan fingerprint density at radius 1 is 1.00 bits per heavy atom. The zero-order valence-electron chi connectivity index (χ0n) is 20.9. The van der Waals surface area contributed by atoms with Gasteiger partial charge in [-0.25, -0.2) is 8.42 Å². The molecule has 1 aliphatic rings. The van der Waals surface area contributed by atoms with E-state index in [-0.39, 0.29) is 23.3 Å². The maximum Gasteiger partial charge on any atom is 0.241 e. The van der Waals surface area contributed by atoms with Gasteiger partial charge in [-0.2, -0.15) is 9.98 Å². The van der Waals surface area contributed by atoms with Crippen molar-refractivity contribution in [2.24, 2.45) is 0 Å². The number of sulfonamides is 1. The average Bonchev–Trinajstić information content (AvgIpc) is 3.42. The molecule has 8 heteroatoms. The average molecular weight is 505 g/mol. The van der Waals surface area contributed by atoms with Crippen molar-refractivity contribution in [3.8, 4) is 6.07 Å². The van der Waals surface area contributed by atoms with E-state index in [2.05, 4.69) is 10.8 Å². The molecule has 36 heavy (non-hydrogen) atoms. The van der Waals surface area contributed by atoms with Crippen molar-refractivity contribution in [1.82, 2.24) is 9.62 Å². The number of nitrogens with zero attached hydrogens (tertiary/aromatic N) is 3. The lowest BCUT2D eigenvalue weighted by molar-refractivity contribution is -0.133. The van der Waals surface area contributed by atoms with E-state index in [9.17, 15) is 13.2 Å². The molecular formula is C28H32N4O3S.